The van der Waals surface area contributed by atoms with Crippen molar-refractivity contribution in [2.24, 2.45) is 0 Å². The number of aliphatic hydroxyl groups is 2. The van der Waals surface area contributed by atoms with E-state index in [9.17, 15) is 10.2 Å². The first-order valence-electron chi connectivity index (χ1n) is 13.3. The molecular weight excluding hydrogens is 424 g/mol. The van der Waals surface area contributed by atoms with Gasteiger partial charge in [-0.05, 0) is 36.8 Å². The molecule has 34 heavy (non-hydrogen) atoms. The fourth-order valence-electron chi connectivity index (χ4n) is 4.09. The van der Waals surface area contributed by atoms with E-state index < -0.39 is 12.2 Å². The fraction of sp³-hybridized carbons (Fsp3) is 0.600. The molecule has 2 rings (SSSR count). The van der Waals surface area contributed by atoms with Crippen LogP contribution in [0.1, 0.15) is 88.2 Å². The summed E-state index contributed by atoms with van der Waals surface area (Å²) < 4.78 is 11.4. The molecule has 0 radical (unpaired) electrons. The maximum atomic E-state index is 10.2. The second-order valence-corrected chi connectivity index (χ2v) is 9.32. The van der Waals surface area contributed by atoms with Crippen molar-refractivity contribution in [3.8, 4) is 0 Å². The Bertz CT molecular complexity index is 691. The largest absolute Gasteiger partial charge is 0.390 e. The number of hydrogen-bond acceptors (Lipinski definition) is 4. The number of ether oxygens (including phenoxy) is 2. The van der Waals surface area contributed by atoms with Crippen molar-refractivity contribution in [1.82, 2.24) is 0 Å². The molecule has 0 aromatic heterocycles. The highest BCUT2D eigenvalue weighted by Crippen LogP contribution is 2.15. The molecular formula is C30H46O4. The summed E-state index contributed by atoms with van der Waals surface area (Å²) >= 11 is 0. The highest BCUT2D eigenvalue weighted by Gasteiger charge is 2.15. The van der Waals surface area contributed by atoms with Crippen LogP contribution in [0.5, 0.6) is 0 Å². The number of unbranched alkanes of at least 4 members (excludes halogenated alkanes) is 8. The quantitative estimate of drug-likeness (QED) is 0.196. The lowest BCUT2D eigenvalue weighted by Gasteiger charge is -2.17. The van der Waals surface area contributed by atoms with Gasteiger partial charge in [-0.15, -0.1) is 0 Å². The zero-order valence-corrected chi connectivity index (χ0v) is 21.0. The Hall–Kier alpha value is -1.72. The van der Waals surface area contributed by atoms with Gasteiger partial charge in [-0.2, -0.15) is 0 Å². The zero-order valence-electron chi connectivity index (χ0n) is 21.0. The van der Waals surface area contributed by atoms with Crippen LogP contribution < -0.4 is 0 Å². The topological polar surface area (TPSA) is 58.9 Å². The van der Waals surface area contributed by atoms with Gasteiger partial charge in [-0.1, -0.05) is 112 Å². The molecule has 4 heteroatoms. The summed E-state index contributed by atoms with van der Waals surface area (Å²) in [4.78, 5) is 0. The van der Waals surface area contributed by atoms with Crippen LogP contribution in [0.15, 0.2) is 60.7 Å². The SMILES string of the molecule is O[C@H](CCCCCCCCOCc1ccccc1)[C@H](O)CCCCCCOCc1ccccc1. The van der Waals surface area contributed by atoms with Gasteiger partial charge in [0.15, 0.2) is 0 Å². The van der Waals surface area contributed by atoms with Crippen molar-refractivity contribution in [3.05, 3.63) is 71.8 Å². The van der Waals surface area contributed by atoms with E-state index in [-0.39, 0.29) is 0 Å². The summed E-state index contributed by atoms with van der Waals surface area (Å²) in [6.07, 6.45) is 11.2. The average molecular weight is 471 g/mol. The molecule has 0 heterocycles. The molecule has 0 aliphatic carbocycles. The Morgan fingerprint density at radius 2 is 0.824 bits per heavy atom. The summed E-state index contributed by atoms with van der Waals surface area (Å²) in [5, 5.41) is 20.4. The molecule has 2 atom stereocenters. The third-order valence-electron chi connectivity index (χ3n) is 6.24. The van der Waals surface area contributed by atoms with E-state index in [4.69, 9.17) is 9.47 Å². The van der Waals surface area contributed by atoms with Gasteiger partial charge in [0.2, 0.25) is 0 Å². The highest BCUT2D eigenvalue weighted by atomic mass is 16.5. The third kappa shape index (κ3) is 14.5. The molecule has 0 bridgehead atoms. The van der Waals surface area contributed by atoms with E-state index in [1.807, 2.05) is 36.4 Å². The minimum atomic E-state index is -0.587. The number of benzene rings is 2. The molecule has 0 saturated carbocycles. The summed E-state index contributed by atoms with van der Waals surface area (Å²) in [5.74, 6) is 0. The Balaban J connectivity index is 1.31. The molecule has 0 aliphatic heterocycles. The molecule has 190 valence electrons. The van der Waals surface area contributed by atoms with Crippen molar-refractivity contribution in [3.63, 3.8) is 0 Å². The monoisotopic (exact) mass is 470 g/mol. The second kappa shape index (κ2) is 19.6. The zero-order chi connectivity index (χ0) is 24.1. The van der Waals surface area contributed by atoms with Crippen LogP contribution in [0.4, 0.5) is 0 Å². The third-order valence-corrected chi connectivity index (χ3v) is 6.24. The van der Waals surface area contributed by atoms with Gasteiger partial charge < -0.3 is 19.7 Å². The minimum absolute atomic E-state index is 0.583. The first-order chi connectivity index (χ1) is 16.8. The Kier molecular flexibility index (Phi) is 16.4. The van der Waals surface area contributed by atoms with Crippen molar-refractivity contribution in [2.45, 2.75) is 102 Å². The molecule has 0 aliphatic rings. The van der Waals surface area contributed by atoms with Crippen LogP contribution >= 0.6 is 0 Å². The standard InChI is InChI=1S/C30H46O4/c31-29(21-13-3-1-2-5-15-23-33-25-27-17-9-7-10-18-27)30(32)22-14-4-6-16-24-34-26-28-19-11-8-12-20-28/h7-12,17-20,29-32H,1-6,13-16,21-26H2/t29-,30-/m1/s1. The fourth-order valence-corrected chi connectivity index (χ4v) is 4.09. The molecule has 0 amide bonds. The summed E-state index contributed by atoms with van der Waals surface area (Å²) in [7, 11) is 0. The molecule has 0 spiro atoms. The van der Waals surface area contributed by atoms with Gasteiger partial charge in [-0.25, -0.2) is 0 Å². The molecule has 0 fully saturated rings. The maximum Gasteiger partial charge on any atom is 0.0799 e. The van der Waals surface area contributed by atoms with Crippen molar-refractivity contribution >= 4 is 0 Å². The van der Waals surface area contributed by atoms with Gasteiger partial charge in [0.25, 0.3) is 0 Å². The second-order valence-electron chi connectivity index (χ2n) is 9.32. The van der Waals surface area contributed by atoms with Crippen LogP contribution in [0.2, 0.25) is 0 Å². The average Bonchev–Trinajstić information content (AvgIpc) is 2.87. The van der Waals surface area contributed by atoms with E-state index in [2.05, 4.69) is 24.3 Å². The van der Waals surface area contributed by atoms with Gasteiger partial charge in [0.1, 0.15) is 0 Å². The molecule has 0 unspecified atom stereocenters. The van der Waals surface area contributed by atoms with Gasteiger partial charge >= 0.3 is 0 Å². The minimum Gasteiger partial charge on any atom is -0.390 e. The predicted molar refractivity (Wildman–Crippen MR) is 140 cm³/mol. The first-order valence-corrected chi connectivity index (χ1v) is 13.3. The van der Waals surface area contributed by atoms with Gasteiger partial charge in [0.05, 0.1) is 25.4 Å². The normalized spacial score (nSPS) is 13.1. The van der Waals surface area contributed by atoms with Crippen LogP contribution in [-0.2, 0) is 22.7 Å². The van der Waals surface area contributed by atoms with E-state index in [1.54, 1.807) is 0 Å². The molecule has 2 N–H and O–H groups in total. The van der Waals surface area contributed by atoms with Crippen LogP contribution in [0.3, 0.4) is 0 Å². The predicted octanol–water partition coefficient (Wildman–Crippen LogP) is 6.82. The van der Waals surface area contributed by atoms with Crippen LogP contribution in [-0.4, -0.2) is 35.6 Å². The summed E-state index contributed by atoms with van der Waals surface area (Å²) in [6, 6.07) is 20.5. The van der Waals surface area contributed by atoms with E-state index >= 15 is 0 Å². The number of aliphatic hydroxyl groups excluding tert-OH is 2. The molecule has 2 aromatic rings. The lowest BCUT2D eigenvalue weighted by molar-refractivity contribution is 0.00702. The van der Waals surface area contributed by atoms with Crippen molar-refractivity contribution in [2.75, 3.05) is 13.2 Å². The number of rotatable bonds is 21. The Morgan fingerprint density at radius 3 is 1.24 bits per heavy atom. The first kappa shape index (κ1) is 28.5. The Morgan fingerprint density at radius 1 is 0.471 bits per heavy atom. The van der Waals surface area contributed by atoms with Crippen molar-refractivity contribution < 1.29 is 19.7 Å². The molecule has 0 saturated heterocycles. The smallest absolute Gasteiger partial charge is 0.0799 e. The van der Waals surface area contributed by atoms with E-state index in [0.29, 0.717) is 26.1 Å². The lowest BCUT2D eigenvalue weighted by atomic mass is 10.00. The van der Waals surface area contributed by atoms with Crippen molar-refractivity contribution in [1.29, 1.82) is 0 Å². The highest BCUT2D eigenvalue weighted by molar-refractivity contribution is 5.14. The van der Waals surface area contributed by atoms with Gasteiger partial charge in [0, 0.05) is 13.2 Å². The summed E-state index contributed by atoms with van der Waals surface area (Å²) in [5.41, 5.74) is 2.44. The van der Waals surface area contributed by atoms with Gasteiger partial charge in [-0.3, -0.25) is 0 Å². The summed E-state index contributed by atoms with van der Waals surface area (Å²) in [6.45, 7) is 2.97. The molecule has 2 aromatic carbocycles. The maximum absolute atomic E-state index is 10.2. The van der Waals surface area contributed by atoms with E-state index in [1.165, 1.54) is 30.4 Å². The number of hydrogen-bond donors (Lipinski definition) is 2. The van der Waals surface area contributed by atoms with E-state index in [0.717, 1.165) is 58.2 Å². The molecule has 4 nitrogen and oxygen atoms in total. The Labute approximate surface area is 207 Å². The van der Waals surface area contributed by atoms with Crippen LogP contribution in [0, 0.1) is 0 Å². The lowest BCUT2D eigenvalue weighted by Crippen LogP contribution is -2.25. The van der Waals surface area contributed by atoms with Crippen LogP contribution in [0.25, 0.3) is 0 Å².